The Morgan fingerprint density at radius 3 is 2.32 bits per heavy atom. The standard InChI is InChI=1S/C13H27N5O/c1-15-3-6-17(7-4-15)13(19)11-18-8-5-16(2)10-12(18)9-14/h12H,3-11,14H2,1-2H3. The predicted molar refractivity (Wildman–Crippen MR) is 76.0 cm³/mol. The van der Waals surface area contributed by atoms with Crippen LogP contribution >= 0.6 is 0 Å². The number of hydrogen-bond acceptors (Lipinski definition) is 5. The monoisotopic (exact) mass is 269 g/mol. The Morgan fingerprint density at radius 1 is 1.05 bits per heavy atom. The van der Waals surface area contributed by atoms with Gasteiger partial charge in [-0.05, 0) is 14.1 Å². The smallest absolute Gasteiger partial charge is 0.236 e. The second kappa shape index (κ2) is 6.65. The summed E-state index contributed by atoms with van der Waals surface area (Å²) < 4.78 is 0. The molecule has 0 aliphatic carbocycles. The minimum atomic E-state index is 0.260. The molecule has 0 aromatic heterocycles. The van der Waals surface area contributed by atoms with Crippen LogP contribution in [0.1, 0.15) is 0 Å². The van der Waals surface area contributed by atoms with Gasteiger partial charge in [-0.3, -0.25) is 9.69 Å². The van der Waals surface area contributed by atoms with E-state index in [1.165, 1.54) is 0 Å². The maximum Gasteiger partial charge on any atom is 0.236 e. The first-order valence-corrected chi connectivity index (χ1v) is 7.19. The van der Waals surface area contributed by atoms with Gasteiger partial charge in [0.05, 0.1) is 6.54 Å². The number of carbonyl (C=O) groups excluding carboxylic acids is 1. The molecule has 110 valence electrons. The van der Waals surface area contributed by atoms with E-state index < -0.39 is 0 Å². The molecule has 2 aliphatic heterocycles. The Kier molecular flexibility index (Phi) is 5.15. The van der Waals surface area contributed by atoms with Crippen LogP contribution in [0.2, 0.25) is 0 Å². The molecule has 2 fully saturated rings. The van der Waals surface area contributed by atoms with Gasteiger partial charge in [-0.25, -0.2) is 0 Å². The van der Waals surface area contributed by atoms with Gasteiger partial charge in [0.1, 0.15) is 0 Å². The topological polar surface area (TPSA) is 56.0 Å². The van der Waals surface area contributed by atoms with Crippen molar-refractivity contribution in [3.8, 4) is 0 Å². The Bertz CT molecular complexity index is 303. The molecule has 2 aliphatic rings. The van der Waals surface area contributed by atoms with Crippen molar-refractivity contribution >= 4 is 5.91 Å². The van der Waals surface area contributed by atoms with Crippen molar-refractivity contribution in [3.63, 3.8) is 0 Å². The van der Waals surface area contributed by atoms with Gasteiger partial charge in [0.25, 0.3) is 0 Å². The van der Waals surface area contributed by atoms with Crippen molar-refractivity contribution in [3.05, 3.63) is 0 Å². The Balaban J connectivity index is 1.84. The average molecular weight is 269 g/mol. The van der Waals surface area contributed by atoms with E-state index in [4.69, 9.17) is 5.73 Å². The molecule has 2 heterocycles. The van der Waals surface area contributed by atoms with Crippen LogP contribution in [0.3, 0.4) is 0 Å². The van der Waals surface area contributed by atoms with Crippen molar-refractivity contribution in [1.82, 2.24) is 19.6 Å². The summed E-state index contributed by atoms with van der Waals surface area (Å²) in [6.07, 6.45) is 0. The van der Waals surface area contributed by atoms with Crippen LogP contribution < -0.4 is 5.73 Å². The van der Waals surface area contributed by atoms with Crippen LogP contribution in [0.4, 0.5) is 0 Å². The SMILES string of the molecule is CN1CCN(C(=O)CN2CCN(C)CC2CN)CC1. The number of nitrogens with zero attached hydrogens (tertiary/aromatic N) is 4. The molecule has 2 N–H and O–H groups in total. The highest BCUT2D eigenvalue weighted by molar-refractivity contribution is 5.78. The zero-order valence-electron chi connectivity index (χ0n) is 12.2. The molecule has 0 saturated carbocycles. The lowest BCUT2D eigenvalue weighted by molar-refractivity contribution is -0.135. The van der Waals surface area contributed by atoms with Crippen LogP contribution in [-0.4, -0.2) is 105 Å². The molecule has 1 atom stereocenters. The first kappa shape index (κ1) is 14.7. The fourth-order valence-corrected chi connectivity index (χ4v) is 2.81. The molecule has 0 radical (unpaired) electrons. The third-order valence-corrected chi connectivity index (χ3v) is 4.27. The third kappa shape index (κ3) is 3.89. The highest BCUT2D eigenvalue weighted by Gasteiger charge is 2.28. The molecular weight excluding hydrogens is 242 g/mol. The zero-order chi connectivity index (χ0) is 13.8. The summed E-state index contributed by atoms with van der Waals surface area (Å²) in [5.74, 6) is 0.260. The Morgan fingerprint density at radius 2 is 1.68 bits per heavy atom. The number of nitrogens with two attached hydrogens (primary N) is 1. The molecule has 0 spiro atoms. The van der Waals surface area contributed by atoms with E-state index in [2.05, 4.69) is 28.8 Å². The van der Waals surface area contributed by atoms with Gasteiger partial charge >= 0.3 is 0 Å². The summed E-state index contributed by atoms with van der Waals surface area (Å²) in [4.78, 5) is 21.1. The van der Waals surface area contributed by atoms with Crippen LogP contribution in [0, 0.1) is 0 Å². The highest BCUT2D eigenvalue weighted by atomic mass is 16.2. The normalized spacial score (nSPS) is 27.7. The lowest BCUT2D eigenvalue weighted by Gasteiger charge is -2.40. The van der Waals surface area contributed by atoms with E-state index in [1.54, 1.807) is 0 Å². The molecule has 2 rings (SSSR count). The number of hydrogen-bond donors (Lipinski definition) is 1. The largest absolute Gasteiger partial charge is 0.339 e. The quantitative estimate of drug-likeness (QED) is 0.664. The Labute approximate surface area is 116 Å². The molecular formula is C13H27N5O. The van der Waals surface area contributed by atoms with Crippen LogP contribution in [-0.2, 0) is 4.79 Å². The fourth-order valence-electron chi connectivity index (χ4n) is 2.81. The van der Waals surface area contributed by atoms with E-state index >= 15 is 0 Å². The van der Waals surface area contributed by atoms with E-state index in [0.29, 0.717) is 19.1 Å². The van der Waals surface area contributed by atoms with Crippen LogP contribution in [0.5, 0.6) is 0 Å². The van der Waals surface area contributed by atoms with E-state index in [-0.39, 0.29) is 5.91 Å². The molecule has 0 aromatic rings. The number of carbonyl (C=O) groups is 1. The van der Waals surface area contributed by atoms with Gasteiger partial charge < -0.3 is 20.4 Å². The van der Waals surface area contributed by atoms with Gasteiger partial charge in [0.15, 0.2) is 0 Å². The number of rotatable bonds is 3. The minimum Gasteiger partial charge on any atom is -0.339 e. The lowest BCUT2D eigenvalue weighted by Crippen LogP contribution is -2.58. The lowest BCUT2D eigenvalue weighted by atomic mass is 10.1. The number of likely N-dealkylation sites (N-methyl/N-ethyl adjacent to an activating group) is 2. The molecule has 0 aromatic carbocycles. The van der Waals surface area contributed by atoms with Gasteiger partial charge in [0.2, 0.25) is 5.91 Å². The van der Waals surface area contributed by atoms with Gasteiger partial charge in [-0.2, -0.15) is 0 Å². The zero-order valence-corrected chi connectivity index (χ0v) is 12.2. The van der Waals surface area contributed by atoms with Gasteiger partial charge in [-0.1, -0.05) is 0 Å². The first-order valence-electron chi connectivity index (χ1n) is 7.19. The molecule has 2 saturated heterocycles. The fraction of sp³-hybridized carbons (Fsp3) is 0.923. The van der Waals surface area contributed by atoms with E-state index in [9.17, 15) is 4.79 Å². The van der Waals surface area contributed by atoms with E-state index in [1.807, 2.05) is 4.90 Å². The second-order valence-corrected chi connectivity index (χ2v) is 5.81. The maximum atomic E-state index is 12.3. The Hall–Kier alpha value is -0.690. The summed E-state index contributed by atoms with van der Waals surface area (Å²) in [6, 6.07) is 0.315. The predicted octanol–water partition coefficient (Wildman–Crippen LogP) is -1.66. The summed E-state index contributed by atoms with van der Waals surface area (Å²) in [6.45, 7) is 7.76. The first-order chi connectivity index (χ1) is 9.10. The molecule has 1 unspecified atom stereocenters. The molecule has 6 heteroatoms. The van der Waals surface area contributed by atoms with Crippen LogP contribution in [0.15, 0.2) is 0 Å². The highest BCUT2D eigenvalue weighted by Crippen LogP contribution is 2.09. The summed E-state index contributed by atoms with van der Waals surface area (Å²) in [5, 5.41) is 0. The molecule has 19 heavy (non-hydrogen) atoms. The van der Waals surface area contributed by atoms with Crippen molar-refractivity contribution in [2.75, 3.05) is 73.0 Å². The van der Waals surface area contributed by atoms with Gasteiger partial charge in [-0.15, -0.1) is 0 Å². The average Bonchev–Trinajstić information content (AvgIpc) is 2.41. The minimum absolute atomic E-state index is 0.260. The second-order valence-electron chi connectivity index (χ2n) is 5.81. The van der Waals surface area contributed by atoms with Crippen molar-refractivity contribution in [2.24, 2.45) is 5.73 Å². The number of amides is 1. The van der Waals surface area contributed by atoms with Gasteiger partial charge in [0, 0.05) is 58.4 Å². The summed E-state index contributed by atoms with van der Waals surface area (Å²) >= 11 is 0. The van der Waals surface area contributed by atoms with Crippen molar-refractivity contribution < 1.29 is 4.79 Å². The summed E-state index contributed by atoms with van der Waals surface area (Å²) in [7, 11) is 4.22. The molecule has 6 nitrogen and oxygen atoms in total. The molecule has 0 bridgehead atoms. The summed E-state index contributed by atoms with van der Waals surface area (Å²) in [5.41, 5.74) is 5.83. The van der Waals surface area contributed by atoms with Crippen LogP contribution in [0.25, 0.3) is 0 Å². The van der Waals surface area contributed by atoms with E-state index in [0.717, 1.165) is 45.8 Å². The number of piperazine rings is 2. The van der Waals surface area contributed by atoms with Crippen molar-refractivity contribution in [1.29, 1.82) is 0 Å². The van der Waals surface area contributed by atoms with Crippen molar-refractivity contribution in [2.45, 2.75) is 6.04 Å². The maximum absolute atomic E-state index is 12.3. The third-order valence-electron chi connectivity index (χ3n) is 4.27. The molecule has 1 amide bonds.